The number of benzene rings is 1. The number of anilines is 2. The molecule has 2 heterocycles. The van der Waals surface area contributed by atoms with E-state index in [-0.39, 0.29) is 6.61 Å². The summed E-state index contributed by atoms with van der Waals surface area (Å²) >= 11 is 0. The van der Waals surface area contributed by atoms with E-state index < -0.39 is 5.60 Å². The van der Waals surface area contributed by atoms with Crippen molar-refractivity contribution in [1.29, 1.82) is 0 Å². The number of ether oxygens (including phenoxy) is 1. The van der Waals surface area contributed by atoms with Crippen LogP contribution in [0.2, 0.25) is 0 Å². The monoisotopic (exact) mass is 261 g/mol. The summed E-state index contributed by atoms with van der Waals surface area (Å²) in [4.78, 5) is 2.31. The quantitative estimate of drug-likeness (QED) is 0.796. The number of nitrogens with two attached hydrogens (primary N) is 1. The standard InChI is InChI=1S/C15H21N2O2/c1-15(10-18)9-11-7-12(16)13(8-14(11)19-15)17-5-3-2-4-6-17/h2,7-8,18H,3-6,9-10,16H2,1H3. The Morgan fingerprint density at radius 3 is 2.79 bits per heavy atom. The lowest BCUT2D eigenvalue weighted by Crippen LogP contribution is -2.34. The highest BCUT2D eigenvalue weighted by molar-refractivity contribution is 5.72. The molecule has 19 heavy (non-hydrogen) atoms. The van der Waals surface area contributed by atoms with Crippen molar-refractivity contribution < 1.29 is 9.84 Å². The predicted octanol–water partition coefficient (Wildman–Crippen LogP) is 1.76. The van der Waals surface area contributed by atoms with Gasteiger partial charge in [0.2, 0.25) is 0 Å². The lowest BCUT2D eigenvalue weighted by Gasteiger charge is -2.30. The van der Waals surface area contributed by atoms with Crippen molar-refractivity contribution in [3.63, 3.8) is 0 Å². The number of nitrogen functional groups attached to an aromatic ring is 1. The number of aliphatic hydroxyl groups is 1. The second-order valence-corrected chi connectivity index (χ2v) is 5.76. The van der Waals surface area contributed by atoms with Crippen molar-refractivity contribution in [2.45, 2.75) is 31.8 Å². The fourth-order valence-corrected chi connectivity index (χ4v) is 2.92. The van der Waals surface area contributed by atoms with Crippen molar-refractivity contribution in [2.24, 2.45) is 0 Å². The number of aliphatic hydroxyl groups excluding tert-OH is 1. The number of rotatable bonds is 2. The van der Waals surface area contributed by atoms with Gasteiger partial charge in [-0.25, -0.2) is 0 Å². The highest BCUT2D eigenvalue weighted by Gasteiger charge is 2.35. The molecule has 0 aliphatic carbocycles. The van der Waals surface area contributed by atoms with Crippen molar-refractivity contribution in [1.82, 2.24) is 0 Å². The van der Waals surface area contributed by atoms with Gasteiger partial charge in [0.05, 0.1) is 18.0 Å². The zero-order chi connectivity index (χ0) is 13.5. The van der Waals surface area contributed by atoms with Crippen LogP contribution in [0.4, 0.5) is 11.4 Å². The Balaban J connectivity index is 1.91. The van der Waals surface area contributed by atoms with Gasteiger partial charge in [-0.05, 0) is 32.3 Å². The Morgan fingerprint density at radius 1 is 1.37 bits per heavy atom. The van der Waals surface area contributed by atoms with E-state index in [9.17, 15) is 5.11 Å². The topological polar surface area (TPSA) is 58.7 Å². The van der Waals surface area contributed by atoms with Crippen LogP contribution in [0.5, 0.6) is 5.75 Å². The summed E-state index contributed by atoms with van der Waals surface area (Å²) in [5.74, 6) is 0.871. The van der Waals surface area contributed by atoms with E-state index in [1.54, 1.807) is 0 Å². The molecule has 103 valence electrons. The highest BCUT2D eigenvalue weighted by Crippen LogP contribution is 2.41. The van der Waals surface area contributed by atoms with Crippen molar-refractivity contribution in [2.75, 3.05) is 30.3 Å². The summed E-state index contributed by atoms with van der Waals surface area (Å²) in [7, 11) is 0. The first kappa shape index (κ1) is 12.6. The van der Waals surface area contributed by atoms with Gasteiger partial charge in [-0.15, -0.1) is 0 Å². The molecule has 1 saturated heterocycles. The predicted molar refractivity (Wildman–Crippen MR) is 76.4 cm³/mol. The molecule has 1 aromatic rings. The van der Waals surface area contributed by atoms with Crippen LogP contribution in [0.25, 0.3) is 0 Å². The third-order valence-electron chi connectivity index (χ3n) is 4.01. The van der Waals surface area contributed by atoms with Crippen LogP contribution in [0, 0.1) is 6.42 Å². The van der Waals surface area contributed by atoms with E-state index in [4.69, 9.17) is 10.5 Å². The molecule has 3 N–H and O–H groups in total. The molecule has 1 aromatic carbocycles. The van der Waals surface area contributed by atoms with Gasteiger partial charge in [-0.3, -0.25) is 0 Å². The number of fused-ring (bicyclic) bond motifs is 1. The smallest absolute Gasteiger partial charge is 0.133 e. The Hall–Kier alpha value is -1.42. The fourth-order valence-electron chi connectivity index (χ4n) is 2.92. The second kappa shape index (κ2) is 4.60. The van der Waals surface area contributed by atoms with Crippen molar-refractivity contribution in [3.8, 4) is 5.75 Å². The fraction of sp³-hybridized carbons (Fsp3) is 0.533. The van der Waals surface area contributed by atoms with E-state index in [0.717, 1.165) is 55.0 Å². The van der Waals surface area contributed by atoms with Crippen molar-refractivity contribution in [3.05, 3.63) is 24.1 Å². The molecule has 2 aliphatic rings. The lowest BCUT2D eigenvalue weighted by molar-refractivity contribution is 0.0447. The molecule has 0 amide bonds. The van der Waals surface area contributed by atoms with E-state index in [1.165, 1.54) is 0 Å². The van der Waals surface area contributed by atoms with Crippen LogP contribution in [0.3, 0.4) is 0 Å². The summed E-state index contributed by atoms with van der Waals surface area (Å²) in [6.45, 7) is 3.98. The maximum absolute atomic E-state index is 9.41. The van der Waals surface area contributed by atoms with Gasteiger partial charge in [-0.2, -0.15) is 0 Å². The zero-order valence-corrected chi connectivity index (χ0v) is 11.4. The zero-order valence-electron chi connectivity index (χ0n) is 11.4. The number of hydrogen-bond donors (Lipinski definition) is 2. The summed E-state index contributed by atoms with van der Waals surface area (Å²) in [5, 5.41) is 9.41. The molecule has 0 saturated carbocycles. The molecule has 0 aromatic heterocycles. The minimum absolute atomic E-state index is 0.0234. The van der Waals surface area contributed by atoms with Gasteiger partial charge in [0.15, 0.2) is 0 Å². The molecular weight excluding hydrogens is 240 g/mol. The second-order valence-electron chi connectivity index (χ2n) is 5.76. The maximum Gasteiger partial charge on any atom is 0.133 e. The van der Waals surface area contributed by atoms with Gasteiger partial charge in [0, 0.05) is 31.1 Å². The maximum atomic E-state index is 9.41. The van der Waals surface area contributed by atoms with Crippen LogP contribution in [-0.4, -0.2) is 30.4 Å². The average Bonchev–Trinajstić information content (AvgIpc) is 2.75. The Morgan fingerprint density at radius 2 is 2.11 bits per heavy atom. The van der Waals surface area contributed by atoms with Gasteiger partial charge in [0.25, 0.3) is 0 Å². The molecule has 1 unspecified atom stereocenters. The summed E-state index contributed by atoms with van der Waals surface area (Å²) in [6.07, 6.45) is 5.24. The SMILES string of the molecule is CC1(CO)Cc2cc(N)c(N3CC[CH]CC3)cc2O1. The summed E-state index contributed by atoms with van der Waals surface area (Å²) in [6, 6.07) is 4.04. The number of piperidine rings is 1. The molecule has 1 atom stereocenters. The third-order valence-corrected chi connectivity index (χ3v) is 4.01. The van der Waals surface area contributed by atoms with E-state index >= 15 is 0 Å². The minimum atomic E-state index is -0.497. The van der Waals surface area contributed by atoms with Crippen LogP contribution in [-0.2, 0) is 6.42 Å². The first-order valence-corrected chi connectivity index (χ1v) is 6.90. The third kappa shape index (κ3) is 2.25. The van der Waals surface area contributed by atoms with Gasteiger partial charge >= 0.3 is 0 Å². The van der Waals surface area contributed by atoms with Gasteiger partial charge < -0.3 is 20.5 Å². The first-order valence-electron chi connectivity index (χ1n) is 6.90. The molecule has 1 fully saturated rings. The van der Waals surface area contributed by atoms with Crippen molar-refractivity contribution >= 4 is 11.4 Å². The Labute approximate surface area is 114 Å². The molecule has 1 radical (unpaired) electrons. The molecule has 4 nitrogen and oxygen atoms in total. The van der Waals surface area contributed by atoms with Gasteiger partial charge in [-0.1, -0.05) is 0 Å². The Kier molecular flexibility index (Phi) is 3.05. The van der Waals surface area contributed by atoms with E-state index in [1.807, 2.05) is 19.1 Å². The lowest BCUT2D eigenvalue weighted by atomic mass is 9.99. The minimum Gasteiger partial charge on any atom is -0.484 e. The van der Waals surface area contributed by atoms with E-state index in [2.05, 4.69) is 11.3 Å². The van der Waals surface area contributed by atoms with Crippen LogP contribution in [0.1, 0.15) is 25.3 Å². The largest absolute Gasteiger partial charge is 0.484 e. The summed E-state index contributed by atoms with van der Waals surface area (Å²) < 4.78 is 5.89. The number of nitrogens with zero attached hydrogens (tertiary/aromatic N) is 1. The molecule has 0 spiro atoms. The van der Waals surface area contributed by atoms with Gasteiger partial charge in [0.1, 0.15) is 11.4 Å². The molecule has 3 rings (SSSR count). The Bertz CT molecular complexity index is 483. The first-order chi connectivity index (χ1) is 9.11. The average molecular weight is 261 g/mol. The van der Waals surface area contributed by atoms with E-state index in [0.29, 0.717) is 0 Å². The van der Waals surface area contributed by atoms with Crippen LogP contribution in [0.15, 0.2) is 12.1 Å². The normalized spacial score (nSPS) is 26.1. The highest BCUT2D eigenvalue weighted by atomic mass is 16.5. The van der Waals surface area contributed by atoms with Crippen LogP contribution >= 0.6 is 0 Å². The molecule has 0 bridgehead atoms. The molecule has 2 aliphatic heterocycles. The molecular formula is C15H21N2O2. The van der Waals surface area contributed by atoms with Crippen LogP contribution < -0.4 is 15.4 Å². The number of hydrogen-bond acceptors (Lipinski definition) is 4. The summed E-state index contributed by atoms with van der Waals surface area (Å²) in [5.41, 5.74) is 8.66. The molecule has 4 heteroatoms.